The highest BCUT2D eigenvalue weighted by atomic mass is 19.1. The van der Waals surface area contributed by atoms with Gasteiger partial charge in [0.05, 0.1) is 14.2 Å². The van der Waals surface area contributed by atoms with Crippen molar-refractivity contribution in [3.8, 4) is 11.5 Å². The van der Waals surface area contributed by atoms with Gasteiger partial charge in [-0.15, -0.1) is 0 Å². The first-order chi connectivity index (χ1) is 16.4. The number of carbonyl (C=O) groups is 1. The average molecular weight is 460 g/mol. The smallest absolute Gasteiger partial charge is 0.253 e. The first-order valence-corrected chi connectivity index (χ1v) is 11.4. The zero-order valence-corrected chi connectivity index (χ0v) is 20.1. The summed E-state index contributed by atoms with van der Waals surface area (Å²) in [5, 5.41) is 0. The molecule has 1 unspecified atom stereocenters. The monoisotopic (exact) mass is 459 g/mol. The maximum Gasteiger partial charge on any atom is 0.253 e. The Labute approximate surface area is 200 Å². The molecule has 0 aromatic heterocycles. The highest BCUT2D eigenvalue weighted by Gasteiger charge is 2.29. The van der Waals surface area contributed by atoms with Gasteiger partial charge in [-0.05, 0) is 67.3 Å². The molecule has 1 aliphatic heterocycles. The minimum atomic E-state index is -0.406. The van der Waals surface area contributed by atoms with Gasteiger partial charge >= 0.3 is 0 Å². The van der Waals surface area contributed by atoms with Gasteiger partial charge in [-0.2, -0.15) is 0 Å². The lowest BCUT2D eigenvalue weighted by Crippen LogP contribution is -2.34. The Morgan fingerprint density at radius 2 is 1.68 bits per heavy atom. The van der Waals surface area contributed by atoms with E-state index in [-0.39, 0.29) is 11.8 Å². The molecule has 0 saturated heterocycles. The Balaban J connectivity index is 1.78. The highest BCUT2D eigenvalue weighted by molar-refractivity contribution is 5.94. The van der Waals surface area contributed by atoms with Crippen molar-refractivity contribution in [3.05, 3.63) is 100 Å². The van der Waals surface area contributed by atoms with Crippen LogP contribution in [-0.4, -0.2) is 38.1 Å². The van der Waals surface area contributed by atoms with Gasteiger partial charge in [0.2, 0.25) is 0 Å². The average Bonchev–Trinajstić information content (AvgIpc) is 3.02. The van der Waals surface area contributed by atoms with Crippen molar-refractivity contribution in [3.63, 3.8) is 0 Å². The summed E-state index contributed by atoms with van der Waals surface area (Å²) in [6, 6.07) is 20.3. The number of methoxy groups -OCH3 is 2. The summed E-state index contributed by atoms with van der Waals surface area (Å²) in [5.41, 5.74) is 6.12. The molecule has 4 rings (SSSR count). The maximum absolute atomic E-state index is 13.8. The molecule has 1 aliphatic rings. The van der Waals surface area contributed by atoms with Crippen LogP contribution in [0.5, 0.6) is 11.5 Å². The standard InChI is InChI=1S/C29H30FNO3/c1-19-8-10-21(11-9-19)25-18-31(29(32)23-6-5-7-24(30)16-23)15-14-20(2)28(25)22-12-13-26(33-3)27(17-22)34-4/h5-13,16-17,25H,14-15,18H2,1-4H3. The van der Waals surface area contributed by atoms with Crippen molar-refractivity contribution in [1.82, 2.24) is 4.90 Å². The number of benzene rings is 3. The quantitative estimate of drug-likeness (QED) is 0.452. The van der Waals surface area contributed by atoms with Crippen LogP contribution in [0.15, 0.2) is 72.3 Å². The van der Waals surface area contributed by atoms with E-state index >= 15 is 0 Å². The zero-order chi connectivity index (χ0) is 24.2. The van der Waals surface area contributed by atoms with E-state index in [1.165, 1.54) is 28.8 Å². The van der Waals surface area contributed by atoms with Crippen LogP contribution in [-0.2, 0) is 0 Å². The van der Waals surface area contributed by atoms with E-state index in [1.54, 1.807) is 26.4 Å². The Kier molecular flexibility index (Phi) is 7.01. The fourth-order valence-corrected chi connectivity index (χ4v) is 4.65. The first kappa shape index (κ1) is 23.6. The molecule has 176 valence electrons. The van der Waals surface area contributed by atoms with Gasteiger partial charge in [0.25, 0.3) is 5.91 Å². The Bertz CT molecular complexity index is 1220. The van der Waals surface area contributed by atoms with E-state index < -0.39 is 5.82 Å². The number of nitrogens with zero attached hydrogens (tertiary/aromatic N) is 1. The van der Waals surface area contributed by atoms with Gasteiger partial charge in [-0.25, -0.2) is 4.39 Å². The minimum absolute atomic E-state index is 0.0429. The fraction of sp³-hybridized carbons (Fsp3) is 0.276. The fourth-order valence-electron chi connectivity index (χ4n) is 4.65. The molecule has 1 amide bonds. The number of hydrogen-bond acceptors (Lipinski definition) is 3. The van der Waals surface area contributed by atoms with E-state index in [2.05, 4.69) is 38.1 Å². The molecule has 0 spiro atoms. The first-order valence-electron chi connectivity index (χ1n) is 11.4. The minimum Gasteiger partial charge on any atom is -0.493 e. The number of rotatable bonds is 5. The number of ether oxygens (including phenoxy) is 2. The largest absolute Gasteiger partial charge is 0.493 e. The second kappa shape index (κ2) is 10.1. The van der Waals surface area contributed by atoms with Crippen LogP contribution in [0, 0.1) is 12.7 Å². The molecule has 34 heavy (non-hydrogen) atoms. The van der Waals surface area contributed by atoms with Crippen molar-refractivity contribution < 1.29 is 18.7 Å². The van der Waals surface area contributed by atoms with Gasteiger partial charge in [0.15, 0.2) is 11.5 Å². The van der Waals surface area contributed by atoms with Crippen molar-refractivity contribution in [2.75, 3.05) is 27.3 Å². The van der Waals surface area contributed by atoms with Gasteiger partial charge in [-0.1, -0.05) is 47.5 Å². The summed E-state index contributed by atoms with van der Waals surface area (Å²) in [6.45, 7) is 5.26. The van der Waals surface area contributed by atoms with Crippen LogP contribution in [0.25, 0.3) is 5.57 Å². The molecule has 0 saturated carbocycles. The molecule has 3 aromatic rings. The summed E-state index contributed by atoms with van der Waals surface area (Å²) in [4.78, 5) is 15.2. The highest BCUT2D eigenvalue weighted by Crippen LogP contribution is 2.41. The molecular formula is C29H30FNO3. The Morgan fingerprint density at radius 3 is 2.35 bits per heavy atom. The van der Waals surface area contributed by atoms with Crippen molar-refractivity contribution in [1.29, 1.82) is 0 Å². The van der Waals surface area contributed by atoms with Gasteiger partial charge in [-0.3, -0.25) is 4.79 Å². The second-order valence-electron chi connectivity index (χ2n) is 8.74. The van der Waals surface area contributed by atoms with Crippen molar-refractivity contribution in [2.24, 2.45) is 0 Å². The van der Waals surface area contributed by atoms with Crippen LogP contribution >= 0.6 is 0 Å². The van der Waals surface area contributed by atoms with Crippen LogP contribution in [0.1, 0.15) is 46.3 Å². The Hall–Kier alpha value is -3.60. The summed E-state index contributed by atoms with van der Waals surface area (Å²) in [6.07, 6.45) is 0.729. The molecule has 5 heteroatoms. The van der Waals surface area contributed by atoms with E-state index in [9.17, 15) is 9.18 Å². The SMILES string of the molecule is COc1ccc(C2=C(C)CCN(C(=O)c3cccc(F)c3)CC2c2ccc(C)cc2)cc1OC. The third-order valence-corrected chi connectivity index (χ3v) is 6.50. The molecule has 1 atom stereocenters. The van der Waals surface area contributed by atoms with Gasteiger partial charge in [0, 0.05) is 24.6 Å². The van der Waals surface area contributed by atoms with Gasteiger partial charge in [0.1, 0.15) is 5.82 Å². The second-order valence-corrected chi connectivity index (χ2v) is 8.74. The lowest BCUT2D eigenvalue weighted by Gasteiger charge is -2.28. The van der Waals surface area contributed by atoms with Crippen LogP contribution in [0.4, 0.5) is 4.39 Å². The summed E-state index contributed by atoms with van der Waals surface area (Å²) < 4.78 is 24.8. The number of hydrogen-bond donors (Lipinski definition) is 0. The van der Waals surface area contributed by atoms with E-state index in [0.717, 1.165) is 17.5 Å². The van der Waals surface area contributed by atoms with Gasteiger partial charge < -0.3 is 14.4 Å². The summed E-state index contributed by atoms with van der Waals surface area (Å²) in [7, 11) is 3.26. The van der Waals surface area contributed by atoms with E-state index in [1.807, 2.05) is 23.1 Å². The molecule has 3 aromatic carbocycles. The number of amides is 1. The zero-order valence-electron chi connectivity index (χ0n) is 20.1. The van der Waals surface area contributed by atoms with Crippen LogP contribution < -0.4 is 9.47 Å². The number of aryl methyl sites for hydroxylation is 1. The lowest BCUT2D eigenvalue weighted by atomic mass is 9.83. The maximum atomic E-state index is 13.8. The normalized spacial score (nSPS) is 16.3. The third-order valence-electron chi connectivity index (χ3n) is 6.50. The predicted molar refractivity (Wildman–Crippen MR) is 133 cm³/mol. The summed E-state index contributed by atoms with van der Waals surface area (Å²) in [5.74, 6) is 0.737. The van der Waals surface area contributed by atoms with Crippen LogP contribution in [0.2, 0.25) is 0 Å². The summed E-state index contributed by atoms with van der Waals surface area (Å²) >= 11 is 0. The van der Waals surface area contributed by atoms with E-state index in [0.29, 0.717) is 30.2 Å². The molecular weight excluding hydrogens is 429 g/mol. The molecule has 4 nitrogen and oxygen atoms in total. The van der Waals surface area contributed by atoms with Crippen molar-refractivity contribution >= 4 is 11.5 Å². The third kappa shape index (κ3) is 4.84. The topological polar surface area (TPSA) is 38.8 Å². The number of halogens is 1. The van der Waals surface area contributed by atoms with Crippen LogP contribution in [0.3, 0.4) is 0 Å². The van der Waals surface area contributed by atoms with Crippen molar-refractivity contribution in [2.45, 2.75) is 26.2 Å². The molecule has 0 N–H and O–H groups in total. The molecule has 0 aliphatic carbocycles. The molecule has 1 heterocycles. The molecule has 0 bridgehead atoms. The molecule has 0 fully saturated rings. The van der Waals surface area contributed by atoms with E-state index in [4.69, 9.17) is 9.47 Å². The number of carbonyl (C=O) groups excluding carboxylic acids is 1. The lowest BCUT2D eigenvalue weighted by molar-refractivity contribution is 0.0757. The molecule has 0 radical (unpaired) electrons. The Morgan fingerprint density at radius 1 is 0.941 bits per heavy atom. The predicted octanol–water partition coefficient (Wildman–Crippen LogP) is 6.25.